The van der Waals surface area contributed by atoms with Crippen molar-refractivity contribution in [3.8, 4) is 28.4 Å². The van der Waals surface area contributed by atoms with Gasteiger partial charge in [0, 0.05) is 35.7 Å². The Bertz CT molecular complexity index is 1390. The molecule has 1 fully saturated rings. The maximum absolute atomic E-state index is 14.3. The lowest BCUT2D eigenvalue weighted by atomic mass is 9.94. The van der Waals surface area contributed by atoms with Gasteiger partial charge in [-0.15, -0.1) is 0 Å². The molecule has 40 heavy (non-hydrogen) atoms. The van der Waals surface area contributed by atoms with E-state index >= 15 is 0 Å². The van der Waals surface area contributed by atoms with Crippen molar-refractivity contribution >= 4 is 23.2 Å². The SMILES string of the molecule is COc1cc2c(cc1CC(C)C)-c1c(c(C(=O)C3CNCCCN3C(=O)OC(C)(C)C)nn1-c1ccsc1)CO2. The lowest BCUT2D eigenvalue weighted by Gasteiger charge is -2.31. The van der Waals surface area contributed by atoms with Crippen molar-refractivity contribution in [2.45, 2.75) is 65.7 Å². The Balaban J connectivity index is 1.62. The number of fused-ring (bicyclic) bond motifs is 3. The number of carbonyl (C=O) groups is 2. The zero-order valence-electron chi connectivity index (χ0n) is 24.1. The van der Waals surface area contributed by atoms with Crippen LogP contribution >= 0.6 is 11.3 Å². The molecule has 5 rings (SSSR count). The van der Waals surface area contributed by atoms with Gasteiger partial charge in [0.25, 0.3) is 0 Å². The fraction of sp³-hybridized carbons (Fsp3) is 0.500. The summed E-state index contributed by atoms with van der Waals surface area (Å²) in [6, 6.07) is 5.27. The summed E-state index contributed by atoms with van der Waals surface area (Å²) in [4.78, 5) is 29.0. The summed E-state index contributed by atoms with van der Waals surface area (Å²) in [5.41, 5.74) is 4.02. The number of aromatic nitrogens is 2. The molecule has 3 aromatic rings. The van der Waals surface area contributed by atoms with Crippen LogP contribution in [0.25, 0.3) is 16.9 Å². The molecule has 1 aromatic carbocycles. The molecular formula is C30H38N4O5S. The lowest BCUT2D eigenvalue weighted by Crippen LogP contribution is -2.50. The van der Waals surface area contributed by atoms with E-state index in [9.17, 15) is 9.59 Å². The van der Waals surface area contributed by atoms with Crippen molar-refractivity contribution in [1.82, 2.24) is 20.0 Å². The second-order valence-electron chi connectivity index (χ2n) is 11.7. The number of benzene rings is 1. The van der Waals surface area contributed by atoms with E-state index in [4.69, 9.17) is 19.3 Å². The highest BCUT2D eigenvalue weighted by Gasteiger charge is 2.39. The minimum atomic E-state index is -0.749. The molecular weight excluding hydrogens is 528 g/mol. The van der Waals surface area contributed by atoms with Crippen LogP contribution in [0.3, 0.4) is 0 Å². The van der Waals surface area contributed by atoms with Gasteiger partial charge in [-0.1, -0.05) is 13.8 Å². The zero-order chi connectivity index (χ0) is 28.6. The van der Waals surface area contributed by atoms with Crippen molar-refractivity contribution < 1.29 is 23.8 Å². The fourth-order valence-corrected chi connectivity index (χ4v) is 5.90. The van der Waals surface area contributed by atoms with Crippen molar-refractivity contribution in [3.63, 3.8) is 0 Å². The number of Topliss-reactive ketones (excluding diaryl/α,β-unsaturated/α-hetero) is 1. The zero-order valence-corrected chi connectivity index (χ0v) is 24.9. The van der Waals surface area contributed by atoms with Crippen LogP contribution in [0.5, 0.6) is 11.5 Å². The van der Waals surface area contributed by atoms with E-state index in [1.54, 1.807) is 23.3 Å². The number of thiophene rings is 1. The lowest BCUT2D eigenvalue weighted by molar-refractivity contribution is 0.0175. The first-order chi connectivity index (χ1) is 19.1. The molecule has 1 N–H and O–H groups in total. The molecule has 2 aromatic heterocycles. The van der Waals surface area contributed by atoms with E-state index < -0.39 is 17.7 Å². The van der Waals surface area contributed by atoms with Crippen LogP contribution in [-0.2, 0) is 17.8 Å². The first-order valence-electron chi connectivity index (χ1n) is 13.8. The number of carbonyl (C=O) groups excluding carboxylic acids is 2. The van der Waals surface area contributed by atoms with Gasteiger partial charge in [0.15, 0.2) is 0 Å². The van der Waals surface area contributed by atoms with E-state index in [1.165, 1.54) is 0 Å². The molecule has 214 valence electrons. The molecule has 9 nitrogen and oxygen atoms in total. The molecule has 2 aliphatic heterocycles. The smallest absolute Gasteiger partial charge is 0.410 e. The molecule has 4 heterocycles. The summed E-state index contributed by atoms with van der Waals surface area (Å²) < 4.78 is 19.4. The molecule has 1 atom stereocenters. The first kappa shape index (κ1) is 28.2. The van der Waals surface area contributed by atoms with Crippen LogP contribution < -0.4 is 14.8 Å². The summed E-state index contributed by atoms with van der Waals surface area (Å²) in [5.74, 6) is 1.68. The molecule has 1 unspecified atom stereocenters. The molecule has 0 saturated carbocycles. The number of hydrogen-bond donors (Lipinski definition) is 1. The highest BCUT2D eigenvalue weighted by Crippen LogP contribution is 2.44. The Labute approximate surface area is 239 Å². The van der Waals surface area contributed by atoms with Crippen LogP contribution in [-0.4, -0.2) is 64.9 Å². The molecule has 2 aliphatic rings. The minimum Gasteiger partial charge on any atom is -0.496 e. The van der Waals surface area contributed by atoms with Crippen molar-refractivity contribution in [1.29, 1.82) is 0 Å². The molecule has 0 aliphatic carbocycles. The van der Waals surface area contributed by atoms with Crippen molar-refractivity contribution in [3.05, 3.63) is 45.8 Å². The summed E-state index contributed by atoms with van der Waals surface area (Å²) in [7, 11) is 1.67. The second kappa shape index (κ2) is 11.2. The predicted octanol–water partition coefficient (Wildman–Crippen LogP) is 5.48. The van der Waals surface area contributed by atoms with Crippen LogP contribution in [0.4, 0.5) is 4.79 Å². The maximum atomic E-state index is 14.3. The quantitative estimate of drug-likeness (QED) is 0.395. The average Bonchev–Trinajstić information content (AvgIpc) is 3.48. The van der Waals surface area contributed by atoms with Gasteiger partial charge in [-0.3, -0.25) is 9.69 Å². The number of ketones is 1. The molecule has 0 bridgehead atoms. The van der Waals surface area contributed by atoms with E-state index in [0.29, 0.717) is 37.0 Å². The number of nitrogens with zero attached hydrogens (tertiary/aromatic N) is 3. The normalized spacial score (nSPS) is 17.1. The van der Waals surface area contributed by atoms with Gasteiger partial charge < -0.3 is 19.5 Å². The van der Waals surface area contributed by atoms with Crippen LogP contribution in [0.2, 0.25) is 0 Å². The number of amides is 1. The van der Waals surface area contributed by atoms with Crippen LogP contribution in [0.15, 0.2) is 29.0 Å². The number of hydrogen-bond acceptors (Lipinski definition) is 8. The molecule has 1 saturated heterocycles. The molecule has 0 radical (unpaired) electrons. The number of methoxy groups -OCH3 is 1. The Morgan fingerprint density at radius 3 is 2.75 bits per heavy atom. The molecule has 0 spiro atoms. The van der Waals surface area contributed by atoms with Crippen molar-refractivity contribution in [2.24, 2.45) is 5.92 Å². The summed E-state index contributed by atoms with van der Waals surface area (Å²) >= 11 is 1.57. The maximum Gasteiger partial charge on any atom is 0.410 e. The second-order valence-corrected chi connectivity index (χ2v) is 12.5. The molecule has 1 amide bonds. The topological polar surface area (TPSA) is 94.9 Å². The van der Waals surface area contributed by atoms with Gasteiger partial charge in [-0.25, -0.2) is 9.48 Å². The average molecular weight is 567 g/mol. The number of ether oxygens (including phenoxy) is 3. The summed E-state index contributed by atoms with van der Waals surface area (Å²) in [6.45, 7) is 11.5. The monoisotopic (exact) mass is 566 g/mol. The van der Waals surface area contributed by atoms with E-state index in [0.717, 1.165) is 46.7 Å². The van der Waals surface area contributed by atoms with Crippen LogP contribution in [0, 0.1) is 5.92 Å². The molecule has 10 heteroatoms. The summed E-state index contributed by atoms with van der Waals surface area (Å²) in [5, 5.41) is 12.2. The first-order valence-corrected chi connectivity index (χ1v) is 14.7. The Hall–Kier alpha value is -3.37. The van der Waals surface area contributed by atoms with Gasteiger partial charge in [0.05, 0.1) is 18.5 Å². The van der Waals surface area contributed by atoms with Crippen molar-refractivity contribution in [2.75, 3.05) is 26.7 Å². The Kier molecular flexibility index (Phi) is 7.92. The van der Waals surface area contributed by atoms with Crippen LogP contribution in [0.1, 0.15) is 62.7 Å². The minimum absolute atomic E-state index is 0.187. The summed E-state index contributed by atoms with van der Waals surface area (Å²) in [6.07, 6.45) is 1.07. The number of rotatable bonds is 6. The third-order valence-corrected chi connectivity index (χ3v) is 7.67. The highest BCUT2D eigenvalue weighted by molar-refractivity contribution is 7.08. The number of nitrogens with one attached hydrogen (secondary N) is 1. The van der Waals surface area contributed by atoms with E-state index in [1.807, 2.05) is 48.3 Å². The third-order valence-electron chi connectivity index (χ3n) is 7.00. The predicted molar refractivity (Wildman–Crippen MR) is 155 cm³/mol. The van der Waals surface area contributed by atoms with Gasteiger partial charge in [-0.2, -0.15) is 16.4 Å². The Morgan fingerprint density at radius 1 is 1.27 bits per heavy atom. The third kappa shape index (κ3) is 5.60. The largest absolute Gasteiger partial charge is 0.496 e. The standard InChI is InChI=1S/C30H38N4O5S/c1-18(2)12-19-13-21-25(14-24(19)37-6)38-16-22-26(32-34(27(21)22)20-8-11-40-17-20)28(35)23-15-31-9-7-10-33(23)29(36)39-30(3,4)5/h8,11,13-14,17-18,23,31H,7,9-10,12,15-16H2,1-6H3. The van der Waals surface area contributed by atoms with E-state index in [-0.39, 0.29) is 12.4 Å². The van der Waals surface area contributed by atoms with Gasteiger partial charge in [0.1, 0.15) is 35.4 Å². The van der Waals surface area contributed by atoms with Gasteiger partial charge in [-0.05, 0) is 69.2 Å². The highest BCUT2D eigenvalue weighted by atomic mass is 32.1. The van der Waals surface area contributed by atoms with Gasteiger partial charge in [0.2, 0.25) is 5.78 Å². The van der Waals surface area contributed by atoms with Gasteiger partial charge >= 0.3 is 6.09 Å². The fourth-order valence-electron chi connectivity index (χ4n) is 5.29. The van der Waals surface area contributed by atoms with E-state index in [2.05, 4.69) is 25.2 Å². The Morgan fingerprint density at radius 2 is 2.08 bits per heavy atom.